The number of hydrogen-bond acceptors (Lipinski definition) is 5. The number of rotatable bonds is 2. The van der Waals surface area contributed by atoms with Gasteiger partial charge in [0.25, 0.3) is 5.91 Å². The van der Waals surface area contributed by atoms with Gasteiger partial charge < -0.3 is 10.2 Å². The average Bonchev–Trinajstić information content (AvgIpc) is 2.77. The van der Waals surface area contributed by atoms with E-state index in [0.29, 0.717) is 20.5 Å². The van der Waals surface area contributed by atoms with Gasteiger partial charge in [0.2, 0.25) is 0 Å². The van der Waals surface area contributed by atoms with Crippen LogP contribution in [0.25, 0.3) is 6.08 Å². The second-order valence-corrected chi connectivity index (χ2v) is 6.27. The molecule has 6 heteroatoms. The zero-order valence-corrected chi connectivity index (χ0v) is 12.9. The normalized spacial score (nSPS) is 16.5. The first-order valence-electron chi connectivity index (χ1n) is 6.41. The lowest BCUT2D eigenvalue weighted by Gasteiger charge is -2.13. The lowest BCUT2D eigenvalue weighted by Crippen LogP contribution is -2.27. The lowest BCUT2D eigenvalue weighted by molar-refractivity contribution is -0.113. The van der Waals surface area contributed by atoms with Crippen LogP contribution in [-0.4, -0.2) is 20.4 Å². The van der Waals surface area contributed by atoms with Gasteiger partial charge in [0.15, 0.2) is 4.32 Å². The van der Waals surface area contributed by atoms with Crippen LogP contribution in [0.5, 0.6) is 11.5 Å². The van der Waals surface area contributed by atoms with Crippen LogP contribution in [0.2, 0.25) is 0 Å². The number of aromatic hydroxyl groups is 2. The van der Waals surface area contributed by atoms with E-state index in [0.717, 1.165) is 0 Å². The third-order valence-corrected chi connectivity index (χ3v) is 4.41. The number of amides is 1. The smallest absolute Gasteiger partial charge is 0.270 e. The molecule has 0 bridgehead atoms. The summed E-state index contributed by atoms with van der Waals surface area (Å²) < 4.78 is 0.445. The first kappa shape index (κ1) is 14.6. The van der Waals surface area contributed by atoms with E-state index >= 15 is 0 Å². The van der Waals surface area contributed by atoms with Crippen molar-refractivity contribution >= 4 is 46.0 Å². The number of thioether (sulfide) groups is 1. The van der Waals surface area contributed by atoms with Gasteiger partial charge in [-0.25, -0.2) is 0 Å². The van der Waals surface area contributed by atoms with Gasteiger partial charge in [0.05, 0.1) is 10.6 Å². The summed E-state index contributed by atoms with van der Waals surface area (Å²) in [6.45, 7) is 0. The molecule has 2 aromatic rings. The summed E-state index contributed by atoms with van der Waals surface area (Å²) in [5.74, 6) is -0.356. The highest BCUT2D eigenvalue weighted by Crippen LogP contribution is 2.37. The Labute approximate surface area is 136 Å². The van der Waals surface area contributed by atoms with Gasteiger partial charge in [-0.2, -0.15) is 0 Å². The largest absolute Gasteiger partial charge is 0.508 e. The molecule has 0 aromatic heterocycles. The van der Waals surface area contributed by atoms with Crippen LogP contribution >= 0.6 is 24.0 Å². The molecular weight excluding hydrogens is 318 g/mol. The Morgan fingerprint density at radius 3 is 2.50 bits per heavy atom. The second-order valence-electron chi connectivity index (χ2n) is 4.60. The highest BCUT2D eigenvalue weighted by molar-refractivity contribution is 8.27. The maximum absolute atomic E-state index is 12.5. The SMILES string of the molecule is O=C1/C(=C\c2ccc(O)cc2O)SC(=S)N1c1ccccc1. The van der Waals surface area contributed by atoms with E-state index in [1.165, 1.54) is 28.8 Å². The van der Waals surface area contributed by atoms with Crippen molar-refractivity contribution in [3.8, 4) is 11.5 Å². The molecule has 110 valence electrons. The summed E-state index contributed by atoms with van der Waals surface area (Å²) in [6.07, 6.45) is 1.57. The van der Waals surface area contributed by atoms with Crippen molar-refractivity contribution in [3.05, 3.63) is 59.0 Å². The monoisotopic (exact) mass is 329 g/mol. The Hall–Kier alpha value is -2.31. The highest BCUT2D eigenvalue weighted by Gasteiger charge is 2.33. The molecule has 0 aliphatic carbocycles. The van der Waals surface area contributed by atoms with Gasteiger partial charge in [-0.1, -0.05) is 42.2 Å². The van der Waals surface area contributed by atoms with Crippen LogP contribution in [-0.2, 0) is 4.79 Å². The molecule has 2 N–H and O–H groups in total. The van der Waals surface area contributed by atoms with Crippen molar-refractivity contribution in [1.82, 2.24) is 0 Å². The van der Waals surface area contributed by atoms with Crippen molar-refractivity contribution in [1.29, 1.82) is 0 Å². The van der Waals surface area contributed by atoms with Crippen LogP contribution in [0.4, 0.5) is 5.69 Å². The number of benzene rings is 2. The van der Waals surface area contributed by atoms with Gasteiger partial charge in [-0.3, -0.25) is 9.69 Å². The molecule has 0 unspecified atom stereocenters. The van der Waals surface area contributed by atoms with Gasteiger partial charge in [-0.15, -0.1) is 0 Å². The lowest BCUT2D eigenvalue weighted by atomic mass is 10.1. The number of carbonyl (C=O) groups excluding carboxylic acids is 1. The van der Waals surface area contributed by atoms with E-state index in [1.54, 1.807) is 12.1 Å². The molecule has 1 aliphatic rings. The molecule has 1 fully saturated rings. The number of carbonyl (C=O) groups is 1. The molecule has 1 amide bonds. The maximum atomic E-state index is 12.5. The highest BCUT2D eigenvalue weighted by atomic mass is 32.2. The van der Waals surface area contributed by atoms with Crippen LogP contribution in [0.15, 0.2) is 53.4 Å². The van der Waals surface area contributed by atoms with E-state index in [9.17, 15) is 15.0 Å². The number of thiocarbonyl (C=S) groups is 1. The summed E-state index contributed by atoms with van der Waals surface area (Å²) in [4.78, 5) is 14.4. The number of hydrogen-bond donors (Lipinski definition) is 2. The van der Waals surface area contributed by atoms with E-state index in [2.05, 4.69) is 0 Å². The van der Waals surface area contributed by atoms with Crippen molar-refractivity contribution in [2.45, 2.75) is 0 Å². The number of anilines is 1. The van der Waals surface area contributed by atoms with Crippen molar-refractivity contribution in [2.24, 2.45) is 0 Å². The fourth-order valence-corrected chi connectivity index (χ4v) is 3.35. The molecule has 22 heavy (non-hydrogen) atoms. The number of phenolic OH excluding ortho intramolecular Hbond substituents is 2. The first-order chi connectivity index (χ1) is 10.6. The van der Waals surface area contributed by atoms with Crippen LogP contribution in [0.1, 0.15) is 5.56 Å². The Kier molecular flexibility index (Phi) is 3.87. The predicted octanol–water partition coefficient (Wildman–Crippen LogP) is 3.50. The third-order valence-electron chi connectivity index (χ3n) is 3.11. The molecule has 1 heterocycles. The number of phenols is 2. The predicted molar refractivity (Wildman–Crippen MR) is 91.9 cm³/mol. The summed E-state index contributed by atoms with van der Waals surface area (Å²) in [5, 5.41) is 19.1. The van der Waals surface area contributed by atoms with Crippen LogP contribution < -0.4 is 4.90 Å². The standard InChI is InChI=1S/C16H11NO3S2/c18-12-7-6-10(13(19)9-12)8-14-15(20)17(16(21)22-14)11-4-2-1-3-5-11/h1-9,18-19H/b14-8+. The quantitative estimate of drug-likeness (QED) is 0.652. The minimum atomic E-state index is -0.228. The average molecular weight is 329 g/mol. The Morgan fingerprint density at radius 2 is 1.82 bits per heavy atom. The Morgan fingerprint density at radius 1 is 1.09 bits per heavy atom. The summed E-state index contributed by atoms with van der Waals surface area (Å²) in [7, 11) is 0. The molecule has 3 rings (SSSR count). The fraction of sp³-hybridized carbons (Fsp3) is 0. The van der Waals surface area contributed by atoms with Gasteiger partial charge in [-0.05, 0) is 30.3 Å². The van der Waals surface area contributed by atoms with Gasteiger partial charge in [0.1, 0.15) is 11.5 Å². The molecule has 0 saturated carbocycles. The molecule has 0 radical (unpaired) electrons. The molecule has 0 atom stereocenters. The molecule has 1 aliphatic heterocycles. The maximum Gasteiger partial charge on any atom is 0.270 e. The van der Waals surface area contributed by atoms with Crippen LogP contribution in [0.3, 0.4) is 0 Å². The van der Waals surface area contributed by atoms with E-state index in [-0.39, 0.29) is 17.4 Å². The minimum Gasteiger partial charge on any atom is -0.508 e. The van der Waals surface area contributed by atoms with Crippen LogP contribution in [0, 0.1) is 0 Å². The molecule has 1 saturated heterocycles. The summed E-state index contributed by atoms with van der Waals surface area (Å²) >= 11 is 6.45. The minimum absolute atomic E-state index is 0.0357. The summed E-state index contributed by atoms with van der Waals surface area (Å²) in [5.41, 5.74) is 1.16. The van der Waals surface area contributed by atoms with Gasteiger partial charge >= 0.3 is 0 Å². The number of nitrogens with zero attached hydrogens (tertiary/aromatic N) is 1. The van der Waals surface area contributed by atoms with E-state index < -0.39 is 0 Å². The number of para-hydroxylation sites is 1. The molecular formula is C16H11NO3S2. The molecule has 0 spiro atoms. The first-order valence-corrected chi connectivity index (χ1v) is 7.64. The topological polar surface area (TPSA) is 60.8 Å². The zero-order valence-electron chi connectivity index (χ0n) is 11.3. The Bertz CT molecular complexity index is 787. The van der Waals surface area contributed by atoms with Crippen molar-refractivity contribution in [3.63, 3.8) is 0 Å². The third kappa shape index (κ3) is 2.70. The fourth-order valence-electron chi connectivity index (χ4n) is 2.06. The van der Waals surface area contributed by atoms with Crippen molar-refractivity contribution < 1.29 is 15.0 Å². The molecule has 4 nitrogen and oxygen atoms in total. The second kappa shape index (κ2) is 5.82. The zero-order chi connectivity index (χ0) is 15.7. The summed E-state index contributed by atoms with van der Waals surface area (Å²) in [6, 6.07) is 13.4. The van der Waals surface area contributed by atoms with Crippen molar-refractivity contribution in [2.75, 3.05) is 4.90 Å². The van der Waals surface area contributed by atoms with E-state index in [1.807, 2.05) is 30.3 Å². The molecule has 2 aromatic carbocycles. The van der Waals surface area contributed by atoms with E-state index in [4.69, 9.17) is 12.2 Å². The van der Waals surface area contributed by atoms with Gasteiger partial charge in [0, 0.05) is 11.6 Å². The Balaban J connectivity index is 1.96.